The van der Waals surface area contributed by atoms with Gasteiger partial charge in [-0.05, 0) is 41.5 Å². The van der Waals surface area contributed by atoms with Crippen LogP contribution in [0.25, 0.3) is 0 Å². The van der Waals surface area contributed by atoms with Crippen molar-refractivity contribution in [3.63, 3.8) is 0 Å². The first-order valence-corrected chi connectivity index (χ1v) is 10.2. The number of rotatable bonds is 6. The molecule has 5 nitrogen and oxygen atoms in total. The lowest BCUT2D eigenvalue weighted by Crippen LogP contribution is -2.36. The summed E-state index contributed by atoms with van der Waals surface area (Å²) in [5.41, 5.74) is 3.35. The van der Waals surface area contributed by atoms with Crippen molar-refractivity contribution in [2.75, 3.05) is 31.2 Å². The maximum atomic E-state index is 9.15. The Morgan fingerprint density at radius 2 is 1.64 bits per heavy atom. The van der Waals surface area contributed by atoms with Crippen molar-refractivity contribution in [3.05, 3.63) is 77.7 Å². The van der Waals surface area contributed by atoms with E-state index in [2.05, 4.69) is 34.1 Å². The molecule has 144 valence electrons. The summed E-state index contributed by atoms with van der Waals surface area (Å²) in [5.74, 6) is 0.816. The summed E-state index contributed by atoms with van der Waals surface area (Å²) in [5, 5.41) is 10.1. The van der Waals surface area contributed by atoms with Crippen molar-refractivity contribution < 1.29 is 9.84 Å². The monoisotopic (exact) mass is 393 g/mol. The van der Waals surface area contributed by atoms with E-state index >= 15 is 0 Å². The Hall–Kier alpha value is -2.41. The van der Waals surface area contributed by atoms with Crippen molar-refractivity contribution >= 4 is 17.4 Å². The number of nitrogens with zero attached hydrogens (tertiary/aromatic N) is 3. The van der Waals surface area contributed by atoms with Crippen LogP contribution in [0.3, 0.4) is 0 Å². The third kappa shape index (κ3) is 4.90. The maximum Gasteiger partial charge on any atom is 0.133 e. The molecule has 0 aliphatic carbocycles. The minimum atomic E-state index is 0.0624. The zero-order chi connectivity index (χ0) is 19.2. The Balaban J connectivity index is 1.41. The minimum Gasteiger partial charge on any atom is -0.392 e. The van der Waals surface area contributed by atoms with Gasteiger partial charge in [-0.25, -0.2) is 9.97 Å². The molecule has 28 heavy (non-hydrogen) atoms. The van der Waals surface area contributed by atoms with Crippen LogP contribution in [-0.4, -0.2) is 41.4 Å². The quantitative estimate of drug-likeness (QED) is 0.647. The molecule has 4 rings (SSSR count). The van der Waals surface area contributed by atoms with Gasteiger partial charge in [-0.1, -0.05) is 36.0 Å². The summed E-state index contributed by atoms with van der Waals surface area (Å²) in [6.45, 7) is 3.54. The number of aliphatic hydroxyl groups is 1. The summed E-state index contributed by atoms with van der Waals surface area (Å²) in [7, 11) is 0. The van der Waals surface area contributed by atoms with Crippen LogP contribution >= 0.6 is 11.8 Å². The lowest BCUT2D eigenvalue weighted by Gasteiger charge is -2.28. The van der Waals surface area contributed by atoms with Crippen LogP contribution in [0.1, 0.15) is 17.0 Å². The van der Waals surface area contributed by atoms with E-state index in [9.17, 15) is 0 Å². The molecule has 0 bridgehead atoms. The van der Waals surface area contributed by atoms with Gasteiger partial charge in [0, 0.05) is 36.3 Å². The summed E-state index contributed by atoms with van der Waals surface area (Å²) in [6, 6.07) is 18.4. The molecule has 1 aliphatic rings. The fourth-order valence-electron chi connectivity index (χ4n) is 3.13. The minimum absolute atomic E-state index is 0.0624. The van der Waals surface area contributed by atoms with Crippen molar-refractivity contribution in [2.45, 2.75) is 22.9 Å². The van der Waals surface area contributed by atoms with Crippen molar-refractivity contribution in [2.24, 2.45) is 0 Å². The second kappa shape index (κ2) is 9.19. The molecule has 3 aromatic rings. The van der Waals surface area contributed by atoms with E-state index in [0.29, 0.717) is 6.42 Å². The van der Waals surface area contributed by atoms with Crippen LogP contribution in [0.5, 0.6) is 0 Å². The first kappa shape index (κ1) is 18.9. The molecule has 1 saturated heterocycles. The van der Waals surface area contributed by atoms with E-state index in [0.717, 1.165) is 47.6 Å². The van der Waals surface area contributed by atoms with Crippen LogP contribution in [0.15, 0.2) is 70.7 Å². The first-order chi connectivity index (χ1) is 13.8. The van der Waals surface area contributed by atoms with Gasteiger partial charge >= 0.3 is 0 Å². The molecule has 1 fully saturated rings. The van der Waals surface area contributed by atoms with E-state index in [1.54, 1.807) is 11.8 Å². The molecule has 2 aromatic carbocycles. The fraction of sp³-hybridized carbons (Fsp3) is 0.273. The largest absolute Gasteiger partial charge is 0.392 e. The number of ether oxygens (including phenoxy) is 1. The summed E-state index contributed by atoms with van der Waals surface area (Å²) in [6.07, 6.45) is 2.52. The molecule has 0 amide bonds. The van der Waals surface area contributed by atoms with E-state index in [1.165, 1.54) is 11.3 Å². The lowest BCUT2D eigenvalue weighted by atomic mass is 10.1. The normalized spacial score (nSPS) is 14.2. The van der Waals surface area contributed by atoms with Crippen LogP contribution < -0.4 is 4.90 Å². The van der Waals surface area contributed by atoms with Gasteiger partial charge in [-0.15, -0.1) is 0 Å². The van der Waals surface area contributed by atoms with Crippen LogP contribution in [0.2, 0.25) is 0 Å². The van der Waals surface area contributed by atoms with Crippen LogP contribution in [0.4, 0.5) is 5.69 Å². The molecule has 6 heteroatoms. The summed E-state index contributed by atoms with van der Waals surface area (Å²) in [4.78, 5) is 12.6. The number of benzene rings is 2. The molecular formula is C22H23N3O2S. The van der Waals surface area contributed by atoms with Crippen molar-refractivity contribution in [1.82, 2.24) is 9.97 Å². The summed E-state index contributed by atoms with van der Waals surface area (Å²) < 4.78 is 5.42. The molecule has 0 spiro atoms. The predicted octanol–water partition coefficient (Wildman–Crippen LogP) is 3.55. The average Bonchev–Trinajstić information content (AvgIpc) is 2.76. The van der Waals surface area contributed by atoms with E-state index < -0.39 is 0 Å². The molecule has 0 radical (unpaired) electrons. The number of hydrogen-bond donors (Lipinski definition) is 1. The fourth-order valence-corrected chi connectivity index (χ4v) is 3.93. The van der Waals surface area contributed by atoms with E-state index in [1.807, 2.05) is 36.5 Å². The van der Waals surface area contributed by atoms with Crippen LogP contribution in [-0.2, 0) is 17.8 Å². The van der Waals surface area contributed by atoms with E-state index in [-0.39, 0.29) is 6.61 Å². The second-order valence-electron chi connectivity index (χ2n) is 6.66. The second-order valence-corrected chi connectivity index (χ2v) is 7.75. The van der Waals surface area contributed by atoms with Gasteiger partial charge in [0.1, 0.15) is 10.9 Å². The zero-order valence-corrected chi connectivity index (χ0v) is 16.4. The number of anilines is 1. The van der Waals surface area contributed by atoms with Gasteiger partial charge in [0.2, 0.25) is 0 Å². The smallest absolute Gasteiger partial charge is 0.133 e. The van der Waals surface area contributed by atoms with Gasteiger partial charge in [0.05, 0.1) is 19.8 Å². The number of aromatic nitrogens is 2. The SMILES string of the molecule is OCc1ccc(Sc2ccnc(Cc3ccc(N4CCOCC4)cc3)n2)cc1. The lowest BCUT2D eigenvalue weighted by molar-refractivity contribution is 0.122. The average molecular weight is 394 g/mol. The Bertz CT molecular complexity index is 894. The zero-order valence-electron chi connectivity index (χ0n) is 15.6. The molecule has 0 atom stereocenters. The van der Waals surface area contributed by atoms with Crippen molar-refractivity contribution in [1.29, 1.82) is 0 Å². The summed E-state index contributed by atoms with van der Waals surface area (Å²) >= 11 is 1.60. The van der Waals surface area contributed by atoms with Crippen LogP contribution in [0, 0.1) is 0 Å². The van der Waals surface area contributed by atoms with Gasteiger partial charge in [0.25, 0.3) is 0 Å². The van der Waals surface area contributed by atoms with E-state index in [4.69, 9.17) is 14.8 Å². The number of hydrogen-bond acceptors (Lipinski definition) is 6. The van der Waals surface area contributed by atoms with Crippen molar-refractivity contribution in [3.8, 4) is 0 Å². The molecule has 0 unspecified atom stereocenters. The molecule has 0 saturated carbocycles. The van der Waals surface area contributed by atoms with Gasteiger partial charge in [-0.2, -0.15) is 0 Å². The molecule has 1 aliphatic heterocycles. The number of aliphatic hydroxyl groups excluding tert-OH is 1. The molecule has 2 heterocycles. The van der Waals surface area contributed by atoms with Gasteiger partial charge in [-0.3, -0.25) is 0 Å². The van der Waals surface area contributed by atoms with Gasteiger partial charge < -0.3 is 14.7 Å². The first-order valence-electron chi connectivity index (χ1n) is 9.41. The third-order valence-corrected chi connectivity index (χ3v) is 5.63. The standard InChI is InChI=1S/C22H23N3O2S/c26-16-18-3-7-20(8-4-18)28-22-9-10-23-21(24-22)15-17-1-5-19(6-2-17)25-11-13-27-14-12-25/h1-10,26H,11-16H2. The Morgan fingerprint density at radius 3 is 2.36 bits per heavy atom. The highest BCUT2D eigenvalue weighted by Gasteiger charge is 2.11. The molecular weight excluding hydrogens is 370 g/mol. The Morgan fingerprint density at radius 1 is 0.929 bits per heavy atom. The third-order valence-electron chi connectivity index (χ3n) is 4.68. The highest BCUT2D eigenvalue weighted by atomic mass is 32.2. The topological polar surface area (TPSA) is 58.5 Å². The number of morpholine rings is 1. The highest BCUT2D eigenvalue weighted by Crippen LogP contribution is 2.26. The Labute approximate surface area is 169 Å². The predicted molar refractivity (Wildman–Crippen MR) is 111 cm³/mol. The molecule has 1 N–H and O–H groups in total. The Kier molecular flexibility index (Phi) is 6.21. The maximum absolute atomic E-state index is 9.15. The van der Waals surface area contributed by atoms with Gasteiger partial charge in [0.15, 0.2) is 0 Å². The highest BCUT2D eigenvalue weighted by molar-refractivity contribution is 7.99. The molecule has 1 aromatic heterocycles.